The zero-order chi connectivity index (χ0) is 19.7. The van der Waals surface area contributed by atoms with Crippen LogP contribution in [0.5, 0.6) is 0 Å². The van der Waals surface area contributed by atoms with Crippen LogP contribution in [0.25, 0.3) is 16.6 Å². The molecular formula is C20H18FN5O2. The first-order valence-corrected chi connectivity index (χ1v) is 8.99. The number of para-hydroxylation sites is 1. The van der Waals surface area contributed by atoms with Crippen LogP contribution in [0.3, 0.4) is 0 Å². The van der Waals surface area contributed by atoms with E-state index < -0.39 is 17.4 Å². The van der Waals surface area contributed by atoms with Crippen molar-refractivity contribution < 1.29 is 9.18 Å². The van der Waals surface area contributed by atoms with Gasteiger partial charge < -0.3 is 5.32 Å². The number of halogens is 1. The molecule has 2 heterocycles. The minimum Gasteiger partial charge on any atom is -0.324 e. The van der Waals surface area contributed by atoms with Gasteiger partial charge in [-0.05, 0) is 36.8 Å². The highest BCUT2D eigenvalue weighted by atomic mass is 19.1. The van der Waals surface area contributed by atoms with Crippen LogP contribution in [0.1, 0.15) is 19.2 Å². The highest BCUT2D eigenvalue weighted by Crippen LogP contribution is 2.17. The molecule has 28 heavy (non-hydrogen) atoms. The molecule has 0 aliphatic heterocycles. The van der Waals surface area contributed by atoms with Crippen molar-refractivity contribution in [1.82, 2.24) is 19.2 Å². The van der Waals surface area contributed by atoms with Gasteiger partial charge >= 0.3 is 5.69 Å². The molecular weight excluding hydrogens is 361 g/mol. The lowest BCUT2D eigenvalue weighted by molar-refractivity contribution is -0.116. The van der Waals surface area contributed by atoms with E-state index in [9.17, 15) is 14.0 Å². The van der Waals surface area contributed by atoms with Gasteiger partial charge in [-0.3, -0.25) is 9.36 Å². The second-order valence-electron chi connectivity index (χ2n) is 6.46. The lowest BCUT2D eigenvalue weighted by atomic mass is 10.2. The Hall–Kier alpha value is -3.55. The Morgan fingerprint density at radius 1 is 1.18 bits per heavy atom. The molecule has 0 saturated carbocycles. The van der Waals surface area contributed by atoms with Crippen molar-refractivity contribution in [1.29, 1.82) is 0 Å². The van der Waals surface area contributed by atoms with E-state index in [4.69, 9.17) is 0 Å². The molecule has 8 heteroatoms. The largest absolute Gasteiger partial charge is 0.351 e. The average molecular weight is 379 g/mol. The van der Waals surface area contributed by atoms with E-state index in [0.29, 0.717) is 29.1 Å². The summed E-state index contributed by atoms with van der Waals surface area (Å²) in [6, 6.07) is 12.8. The third-order valence-electron chi connectivity index (χ3n) is 4.38. The second kappa shape index (κ2) is 7.22. The van der Waals surface area contributed by atoms with E-state index in [1.807, 2.05) is 19.1 Å². The summed E-state index contributed by atoms with van der Waals surface area (Å²) >= 11 is 0. The van der Waals surface area contributed by atoms with Crippen LogP contribution in [0.4, 0.5) is 10.1 Å². The number of aromatic nitrogens is 4. The number of nitrogens with zero attached hydrogens (tertiary/aromatic N) is 4. The van der Waals surface area contributed by atoms with Gasteiger partial charge in [0.1, 0.15) is 12.4 Å². The summed E-state index contributed by atoms with van der Waals surface area (Å²) in [7, 11) is 0. The number of aryl methyl sites for hydroxylation is 1. The van der Waals surface area contributed by atoms with Crippen LogP contribution < -0.4 is 11.0 Å². The number of rotatable bonds is 5. The first-order valence-electron chi connectivity index (χ1n) is 8.99. The van der Waals surface area contributed by atoms with Gasteiger partial charge in [0.25, 0.3) is 0 Å². The molecule has 0 aliphatic carbocycles. The summed E-state index contributed by atoms with van der Waals surface area (Å²) in [6.45, 7) is 1.79. The first-order chi connectivity index (χ1) is 13.6. The molecule has 0 spiro atoms. The molecule has 0 aliphatic rings. The van der Waals surface area contributed by atoms with Gasteiger partial charge in [0.15, 0.2) is 11.5 Å². The standard InChI is InChI=1S/C20H18FN5O2/c1-2-6-17-23-19-15-9-3-4-10-16(15)25(20(28)26(19)24-17)12-18(27)22-14-8-5-7-13(21)11-14/h3-5,7-11H,2,6,12H2,1H3,(H,22,27). The third kappa shape index (κ3) is 3.24. The van der Waals surface area contributed by atoms with Gasteiger partial charge in [0.05, 0.1) is 5.52 Å². The summed E-state index contributed by atoms with van der Waals surface area (Å²) in [5.41, 5.74) is 0.947. The number of carbonyl (C=O) groups excluding carboxylic acids is 1. The first kappa shape index (κ1) is 17.8. The normalized spacial score (nSPS) is 11.2. The van der Waals surface area contributed by atoms with E-state index in [0.717, 1.165) is 11.8 Å². The Morgan fingerprint density at radius 3 is 2.79 bits per heavy atom. The van der Waals surface area contributed by atoms with Crippen molar-refractivity contribution in [3.05, 3.63) is 70.7 Å². The molecule has 1 N–H and O–H groups in total. The maximum absolute atomic E-state index is 13.3. The van der Waals surface area contributed by atoms with Crippen molar-refractivity contribution in [2.75, 3.05) is 5.32 Å². The van der Waals surface area contributed by atoms with Crippen LogP contribution in [0.15, 0.2) is 53.3 Å². The van der Waals surface area contributed by atoms with Crippen molar-refractivity contribution in [2.45, 2.75) is 26.3 Å². The average Bonchev–Trinajstić information content (AvgIpc) is 3.10. The number of hydrogen-bond donors (Lipinski definition) is 1. The minimum absolute atomic E-state index is 0.227. The van der Waals surface area contributed by atoms with E-state index in [-0.39, 0.29) is 6.54 Å². The molecule has 0 fully saturated rings. The minimum atomic E-state index is -0.451. The van der Waals surface area contributed by atoms with Crippen LogP contribution in [-0.4, -0.2) is 25.1 Å². The predicted octanol–water partition coefficient (Wildman–Crippen LogP) is 2.77. The molecule has 142 valence electrons. The second-order valence-corrected chi connectivity index (χ2v) is 6.46. The highest BCUT2D eigenvalue weighted by Gasteiger charge is 2.16. The monoisotopic (exact) mass is 379 g/mol. The Bertz CT molecular complexity index is 1240. The fraction of sp³-hybridized carbons (Fsp3) is 0.200. The Labute approximate surface area is 159 Å². The van der Waals surface area contributed by atoms with Gasteiger partial charge in [-0.25, -0.2) is 14.2 Å². The fourth-order valence-corrected chi connectivity index (χ4v) is 3.17. The predicted molar refractivity (Wildman–Crippen MR) is 104 cm³/mol. The van der Waals surface area contributed by atoms with Gasteiger partial charge in [-0.1, -0.05) is 25.1 Å². The zero-order valence-corrected chi connectivity index (χ0v) is 15.2. The van der Waals surface area contributed by atoms with Crippen molar-refractivity contribution in [2.24, 2.45) is 0 Å². The van der Waals surface area contributed by atoms with Gasteiger partial charge in [-0.2, -0.15) is 4.52 Å². The summed E-state index contributed by atoms with van der Waals surface area (Å²) < 4.78 is 15.9. The third-order valence-corrected chi connectivity index (χ3v) is 4.38. The number of benzene rings is 2. The fourth-order valence-electron chi connectivity index (χ4n) is 3.17. The molecule has 0 unspecified atom stereocenters. The summed E-state index contributed by atoms with van der Waals surface area (Å²) in [6.07, 6.45) is 1.52. The number of nitrogens with one attached hydrogen (secondary N) is 1. The maximum Gasteiger partial charge on any atom is 0.351 e. The molecule has 1 amide bonds. The number of anilines is 1. The Kier molecular flexibility index (Phi) is 4.60. The Morgan fingerprint density at radius 2 is 2.00 bits per heavy atom. The summed E-state index contributed by atoms with van der Waals surface area (Å²) in [5.74, 6) is -0.300. The number of hydrogen-bond acceptors (Lipinski definition) is 4. The van der Waals surface area contributed by atoms with Gasteiger partial charge in [0.2, 0.25) is 5.91 Å². The van der Waals surface area contributed by atoms with Gasteiger partial charge in [0, 0.05) is 17.5 Å². The van der Waals surface area contributed by atoms with Crippen molar-refractivity contribution in [3.63, 3.8) is 0 Å². The SMILES string of the molecule is CCCc1nc2c3ccccc3n(CC(=O)Nc3cccc(F)c3)c(=O)n2n1. The molecule has 2 aromatic heterocycles. The van der Waals surface area contributed by atoms with Crippen LogP contribution in [0.2, 0.25) is 0 Å². The van der Waals surface area contributed by atoms with Gasteiger partial charge in [-0.15, -0.1) is 5.10 Å². The quantitative estimate of drug-likeness (QED) is 0.578. The molecule has 2 aromatic carbocycles. The molecule has 0 bridgehead atoms. The van der Waals surface area contributed by atoms with E-state index in [2.05, 4.69) is 15.4 Å². The lowest BCUT2D eigenvalue weighted by Crippen LogP contribution is -2.32. The number of amides is 1. The van der Waals surface area contributed by atoms with Crippen LogP contribution in [0, 0.1) is 5.82 Å². The smallest absolute Gasteiger partial charge is 0.324 e. The van der Waals surface area contributed by atoms with Crippen LogP contribution in [-0.2, 0) is 17.8 Å². The molecule has 7 nitrogen and oxygen atoms in total. The number of fused-ring (bicyclic) bond motifs is 3. The maximum atomic E-state index is 13.3. The highest BCUT2D eigenvalue weighted by molar-refractivity contribution is 5.94. The van der Waals surface area contributed by atoms with Crippen LogP contribution >= 0.6 is 0 Å². The zero-order valence-electron chi connectivity index (χ0n) is 15.2. The molecule has 0 saturated heterocycles. The molecule has 0 radical (unpaired) electrons. The number of carbonyl (C=O) groups is 1. The summed E-state index contributed by atoms with van der Waals surface area (Å²) in [5, 5.41) is 7.65. The lowest BCUT2D eigenvalue weighted by Gasteiger charge is -2.11. The van der Waals surface area contributed by atoms with Crippen molar-refractivity contribution >= 4 is 28.1 Å². The van der Waals surface area contributed by atoms with E-state index in [1.165, 1.54) is 27.3 Å². The Balaban J connectivity index is 1.78. The van der Waals surface area contributed by atoms with E-state index >= 15 is 0 Å². The molecule has 4 aromatic rings. The van der Waals surface area contributed by atoms with Crippen molar-refractivity contribution in [3.8, 4) is 0 Å². The molecule has 4 rings (SSSR count). The molecule has 0 atom stereocenters. The van der Waals surface area contributed by atoms with E-state index in [1.54, 1.807) is 18.2 Å². The summed E-state index contributed by atoms with van der Waals surface area (Å²) in [4.78, 5) is 30.0. The topological polar surface area (TPSA) is 81.3 Å².